The zero-order valence-electron chi connectivity index (χ0n) is 6.11. The molecule has 1 nitrogen and oxygen atoms in total. The van der Waals surface area contributed by atoms with Gasteiger partial charge in [-0.3, -0.25) is 7.05 Å². The Bertz CT molecular complexity index is 125. The lowest BCUT2D eigenvalue weighted by Crippen LogP contribution is -2.44. The van der Waals surface area contributed by atoms with E-state index in [9.17, 15) is 8.78 Å². The van der Waals surface area contributed by atoms with E-state index in [1.165, 1.54) is 4.90 Å². The molecule has 10 heavy (non-hydrogen) atoms. The van der Waals surface area contributed by atoms with Crippen LogP contribution in [0.2, 0.25) is 0 Å². The Labute approximate surface area is 60.0 Å². The average Bonchev–Trinajstić information content (AvgIpc) is 1.78. The van der Waals surface area contributed by atoms with Crippen molar-refractivity contribution in [2.24, 2.45) is 5.92 Å². The van der Waals surface area contributed by atoms with Gasteiger partial charge in [0.1, 0.15) is 0 Å². The fraction of sp³-hybridized carbons (Fsp3) is 0.857. The van der Waals surface area contributed by atoms with Crippen molar-refractivity contribution in [1.82, 2.24) is 4.90 Å². The first-order chi connectivity index (χ1) is 4.52. The van der Waals surface area contributed by atoms with Crippen molar-refractivity contribution in [3.05, 3.63) is 7.05 Å². The van der Waals surface area contributed by atoms with Crippen LogP contribution < -0.4 is 0 Å². The van der Waals surface area contributed by atoms with E-state index in [-0.39, 0.29) is 6.54 Å². The summed E-state index contributed by atoms with van der Waals surface area (Å²) >= 11 is 0. The van der Waals surface area contributed by atoms with Gasteiger partial charge in [-0.25, -0.2) is 8.78 Å². The Morgan fingerprint density at radius 2 is 2.20 bits per heavy atom. The number of alkyl halides is 2. The van der Waals surface area contributed by atoms with Gasteiger partial charge in [0.05, 0.1) is 0 Å². The van der Waals surface area contributed by atoms with Gasteiger partial charge in [0.15, 0.2) is 0 Å². The molecule has 1 heterocycles. The maximum Gasteiger partial charge on any atom is 0.260 e. The van der Waals surface area contributed by atoms with E-state index in [1.807, 2.05) is 0 Å². The molecule has 0 radical (unpaired) electrons. The van der Waals surface area contributed by atoms with Crippen molar-refractivity contribution in [1.29, 1.82) is 0 Å². The van der Waals surface area contributed by atoms with Crippen LogP contribution >= 0.6 is 0 Å². The number of likely N-dealkylation sites (tertiary alicyclic amines) is 1. The van der Waals surface area contributed by atoms with E-state index in [1.54, 1.807) is 6.92 Å². The molecule has 1 fully saturated rings. The summed E-state index contributed by atoms with van der Waals surface area (Å²) in [7, 11) is 3.48. The summed E-state index contributed by atoms with van der Waals surface area (Å²) in [6.45, 7) is 2.10. The van der Waals surface area contributed by atoms with Crippen LogP contribution in [0.15, 0.2) is 0 Å². The summed E-state index contributed by atoms with van der Waals surface area (Å²) < 4.78 is 25.5. The molecule has 60 valence electrons. The Hall–Kier alpha value is -0.180. The van der Waals surface area contributed by atoms with Gasteiger partial charge in [-0.15, -0.1) is 0 Å². The van der Waals surface area contributed by atoms with Crippen LogP contribution in [0.3, 0.4) is 0 Å². The first-order valence-electron chi connectivity index (χ1n) is 3.45. The number of rotatable bonds is 0. The second kappa shape index (κ2) is 2.46. The quantitative estimate of drug-likeness (QED) is 0.473. The SMILES string of the molecule is [CH2-]N1CCC(C)C(F)(F)C1. The van der Waals surface area contributed by atoms with Crippen LogP contribution in [-0.2, 0) is 0 Å². The van der Waals surface area contributed by atoms with Crippen LogP contribution in [-0.4, -0.2) is 23.9 Å². The Kier molecular flexibility index (Phi) is 1.95. The molecule has 1 saturated heterocycles. The Morgan fingerprint density at radius 1 is 1.60 bits per heavy atom. The van der Waals surface area contributed by atoms with Gasteiger partial charge < -0.3 is 4.90 Å². The van der Waals surface area contributed by atoms with Crippen LogP contribution in [0, 0.1) is 13.0 Å². The topological polar surface area (TPSA) is 3.24 Å². The molecule has 0 aromatic rings. The molecular weight excluding hydrogens is 136 g/mol. The van der Waals surface area contributed by atoms with Crippen LogP contribution in [0.5, 0.6) is 0 Å². The number of hydrogen-bond donors (Lipinski definition) is 0. The second-order valence-corrected chi connectivity index (χ2v) is 3.00. The highest BCUT2D eigenvalue weighted by Gasteiger charge is 2.38. The van der Waals surface area contributed by atoms with Gasteiger partial charge in [-0.05, 0) is 13.0 Å². The summed E-state index contributed by atoms with van der Waals surface area (Å²) in [6, 6.07) is 0. The molecule has 1 atom stereocenters. The van der Waals surface area contributed by atoms with Gasteiger partial charge in [0.25, 0.3) is 5.92 Å². The minimum absolute atomic E-state index is 0.186. The normalized spacial score (nSPS) is 34.2. The predicted octanol–water partition coefficient (Wildman–Crippen LogP) is 1.76. The molecule has 1 aliphatic rings. The zero-order chi connectivity index (χ0) is 7.78. The molecule has 0 amide bonds. The smallest absolute Gasteiger partial charge is 0.260 e. The maximum absolute atomic E-state index is 12.8. The molecule has 0 N–H and O–H groups in total. The third-order valence-electron chi connectivity index (χ3n) is 2.03. The van der Waals surface area contributed by atoms with Crippen molar-refractivity contribution in [3.63, 3.8) is 0 Å². The Balaban J connectivity index is 2.55. The zero-order valence-corrected chi connectivity index (χ0v) is 6.11. The van der Waals surface area contributed by atoms with Gasteiger partial charge in [-0.1, -0.05) is 6.92 Å². The lowest BCUT2D eigenvalue weighted by atomic mass is 9.95. The highest BCUT2D eigenvalue weighted by atomic mass is 19.3. The first-order valence-corrected chi connectivity index (χ1v) is 3.45. The third-order valence-corrected chi connectivity index (χ3v) is 2.03. The number of hydrogen-bond acceptors (Lipinski definition) is 1. The molecular formula is C7H12F2N-. The Morgan fingerprint density at radius 3 is 2.60 bits per heavy atom. The molecule has 3 heteroatoms. The average molecular weight is 148 g/mol. The fourth-order valence-electron chi connectivity index (χ4n) is 1.12. The van der Waals surface area contributed by atoms with Crippen molar-refractivity contribution < 1.29 is 8.78 Å². The summed E-state index contributed by atoms with van der Waals surface area (Å²) in [5.41, 5.74) is 0. The van der Waals surface area contributed by atoms with E-state index in [0.29, 0.717) is 13.0 Å². The van der Waals surface area contributed by atoms with E-state index in [0.717, 1.165) is 0 Å². The monoisotopic (exact) mass is 148 g/mol. The molecule has 0 aromatic heterocycles. The molecule has 1 rings (SSSR count). The van der Waals surface area contributed by atoms with E-state index in [2.05, 4.69) is 7.05 Å². The minimum atomic E-state index is -2.53. The van der Waals surface area contributed by atoms with E-state index >= 15 is 0 Å². The lowest BCUT2D eigenvalue weighted by molar-refractivity contribution is -0.0947. The first kappa shape index (κ1) is 7.92. The molecule has 0 bridgehead atoms. The maximum atomic E-state index is 12.8. The van der Waals surface area contributed by atoms with Gasteiger partial charge in [-0.2, -0.15) is 0 Å². The highest BCUT2D eigenvalue weighted by Crippen LogP contribution is 2.31. The van der Waals surface area contributed by atoms with Gasteiger partial charge >= 0.3 is 0 Å². The molecule has 1 aliphatic heterocycles. The highest BCUT2D eigenvalue weighted by molar-refractivity contribution is 4.83. The van der Waals surface area contributed by atoms with Crippen molar-refractivity contribution in [2.75, 3.05) is 13.1 Å². The minimum Gasteiger partial charge on any atom is -0.454 e. The number of piperidine rings is 1. The molecule has 0 aliphatic carbocycles. The van der Waals surface area contributed by atoms with Crippen LogP contribution in [0.25, 0.3) is 0 Å². The predicted molar refractivity (Wildman–Crippen MR) is 35.7 cm³/mol. The van der Waals surface area contributed by atoms with Crippen LogP contribution in [0.1, 0.15) is 13.3 Å². The van der Waals surface area contributed by atoms with Gasteiger partial charge in [0, 0.05) is 12.5 Å². The van der Waals surface area contributed by atoms with Gasteiger partial charge in [0.2, 0.25) is 0 Å². The standard InChI is InChI=1S/C7H12F2N/c1-6-3-4-10(2)5-7(6,8)9/h6H,2-5H2,1H3/q-1. The molecule has 1 unspecified atom stereocenters. The number of halogens is 2. The van der Waals surface area contributed by atoms with E-state index in [4.69, 9.17) is 0 Å². The summed E-state index contributed by atoms with van der Waals surface area (Å²) in [6.07, 6.45) is 0.552. The molecule has 0 saturated carbocycles. The van der Waals surface area contributed by atoms with E-state index < -0.39 is 11.8 Å². The molecule has 0 aromatic carbocycles. The lowest BCUT2D eigenvalue weighted by Gasteiger charge is -2.39. The largest absolute Gasteiger partial charge is 0.454 e. The fourth-order valence-corrected chi connectivity index (χ4v) is 1.12. The third kappa shape index (κ3) is 1.45. The summed E-state index contributed by atoms with van der Waals surface area (Å²) in [4.78, 5) is 1.43. The molecule has 0 spiro atoms. The summed E-state index contributed by atoms with van der Waals surface area (Å²) in [5.74, 6) is -3.01. The summed E-state index contributed by atoms with van der Waals surface area (Å²) in [5, 5.41) is 0. The van der Waals surface area contributed by atoms with Crippen LogP contribution in [0.4, 0.5) is 8.78 Å². The number of nitrogens with zero attached hydrogens (tertiary/aromatic N) is 1. The van der Waals surface area contributed by atoms with Crippen molar-refractivity contribution in [2.45, 2.75) is 19.3 Å². The van der Waals surface area contributed by atoms with Crippen molar-refractivity contribution in [3.8, 4) is 0 Å². The second-order valence-electron chi connectivity index (χ2n) is 3.00. The van der Waals surface area contributed by atoms with Crippen molar-refractivity contribution >= 4 is 0 Å².